The van der Waals surface area contributed by atoms with Gasteiger partial charge in [-0.05, 0) is 53.1 Å². The van der Waals surface area contributed by atoms with Crippen molar-refractivity contribution >= 4 is 5.91 Å². The van der Waals surface area contributed by atoms with E-state index < -0.39 is 0 Å². The van der Waals surface area contributed by atoms with Crippen molar-refractivity contribution in [3.8, 4) is 0 Å². The summed E-state index contributed by atoms with van der Waals surface area (Å²) in [6, 6.07) is 20.8. The summed E-state index contributed by atoms with van der Waals surface area (Å²) >= 11 is 0. The molecule has 1 atom stereocenters. The van der Waals surface area contributed by atoms with Gasteiger partial charge in [0.1, 0.15) is 5.82 Å². The predicted molar refractivity (Wildman–Crippen MR) is 128 cm³/mol. The van der Waals surface area contributed by atoms with Gasteiger partial charge in [0.2, 0.25) is 5.91 Å². The Kier molecular flexibility index (Phi) is 7.89. The number of halogens is 1. The number of amides is 1. The van der Waals surface area contributed by atoms with E-state index in [0.29, 0.717) is 32.0 Å². The third kappa shape index (κ3) is 7.37. The van der Waals surface area contributed by atoms with Gasteiger partial charge in [-0.2, -0.15) is 0 Å². The van der Waals surface area contributed by atoms with Gasteiger partial charge in [0.25, 0.3) is 0 Å². The number of rotatable bonds is 9. The molecule has 3 rings (SSSR count). The zero-order valence-electron chi connectivity index (χ0n) is 19.7. The molecule has 0 N–H and O–H groups in total. The van der Waals surface area contributed by atoms with Crippen molar-refractivity contribution in [3.63, 3.8) is 0 Å². The normalized spacial score (nSPS) is 12.5. The third-order valence-corrected chi connectivity index (χ3v) is 5.57. The maximum absolute atomic E-state index is 13.6. The van der Waals surface area contributed by atoms with Crippen molar-refractivity contribution in [3.05, 3.63) is 95.6 Å². The molecule has 2 aromatic carbocycles. The van der Waals surface area contributed by atoms with E-state index in [9.17, 15) is 9.18 Å². The first-order valence-electron chi connectivity index (χ1n) is 11.4. The van der Waals surface area contributed by atoms with Crippen molar-refractivity contribution in [1.29, 1.82) is 0 Å². The van der Waals surface area contributed by atoms with Crippen LogP contribution in [0, 0.1) is 17.2 Å². The summed E-state index contributed by atoms with van der Waals surface area (Å²) in [5.74, 6) is 0.258. The average molecular weight is 435 g/mol. The Hall–Kier alpha value is -2.88. The van der Waals surface area contributed by atoms with E-state index >= 15 is 0 Å². The fourth-order valence-corrected chi connectivity index (χ4v) is 4.36. The van der Waals surface area contributed by atoms with Crippen molar-refractivity contribution in [2.45, 2.75) is 60.2 Å². The molecular weight excluding hydrogens is 399 g/mol. The van der Waals surface area contributed by atoms with E-state index in [0.717, 1.165) is 23.2 Å². The second-order valence-corrected chi connectivity index (χ2v) is 10.1. The monoisotopic (exact) mass is 434 g/mol. The number of carbonyl (C=O) groups excluding carboxylic acids is 1. The minimum absolute atomic E-state index is 0.170. The lowest BCUT2D eigenvalue weighted by atomic mass is 9.84. The van der Waals surface area contributed by atoms with Gasteiger partial charge in [0.15, 0.2) is 0 Å². The highest BCUT2D eigenvalue weighted by Crippen LogP contribution is 2.27. The SMILES string of the molecule is CC(CC(=O)N(Cc1ccccc1)Cc1cccn1Cc1cccc(F)c1)CC(C)(C)C. The van der Waals surface area contributed by atoms with E-state index in [1.54, 1.807) is 12.1 Å². The molecule has 3 nitrogen and oxygen atoms in total. The average Bonchev–Trinajstić information content (AvgIpc) is 3.13. The van der Waals surface area contributed by atoms with Gasteiger partial charge >= 0.3 is 0 Å². The van der Waals surface area contributed by atoms with Gasteiger partial charge in [-0.15, -0.1) is 0 Å². The van der Waals surface area contributed by atoms with Gasteiger partial charge in [0, 0.05) is 31.4 Å². The first-order valence-corrected chi connectivity index (χ1v) is 11.4. The molecule has 170 valence electrons. The van der Waals surface area contributed by atoms with Crippen molar-refractivity contribution < 1.29 is 9.18 Å². The fourth-order valence-electron chi connectivity index (χ4n) is 4.36. The standard InChI is InChI=1S/C28H35FN2O/c1-22(18-28(2,3)4)16-27(32)31(19-23-10-6-5-7-11-23)21-26-14-9-15-30(26)20-24-12-8-13-25(29)17-24/h5-15,17,22H,16,18-21H2,1-4H3. The second-order valence-electron chi connectivity index (χ2n) is 10.1. The Morgan fingerprint density at radius 3 is 2.38 bits per heavy atom. The molecule has 0 fully saturated rings. The summed E-state index contributed by atoms with van der Waals surface area (Å²) in [6.07, 6.45) is 3.54. The fraction of sp³-hybridized carbons (Fsp3) is 0.393. The summed E-state index contributed by atoms with van der Waals surface area (Å²) in [5.41, 5.74) is 3.26. The zero-order chi connectivity index (χ0) is 23.1. The van der Waals surface area contributed by atoms with Crippen LogP contribution in [0.1, 0.15) is 57.4 Å². The van der Waals surface area contributed by atoms with Crippen LogP contribution in [0.5, 0.6) is 0 Å². The summed E-state index contributed by atoms with van der Waals surface area (Å²) in [6.45, 7) is 10.5. The van der Waals surface area contributed by atoms with Crippen LogP contribution in [0.3, 0.4) is 0 Å². The van der Waals surface area contributed by atoms with E-state index in [4.69, 9.17) is 0 Å². The van der Waals surface area contributed by atoms with Crippen LogP contribution in [-0.2, 0) is 24.4 Å². The largest absolute Gasteiger partial charge is 0.345 e. The molecule has 4 heteroatoms. The first-order chi connectivity index (χ1) is 15.2. The smallest absolute Gasteiger partial charge is 0.223 e. The molecule has 0 spiro atoms. The lowest BCUT2D eigenvalue weighted by molar-refractivity contribution is -0.133. The molecule has 1 unspecified atom stereocenters. The summed E-state index contributed by atoms with van der Waals surface area (Å²) in [4.78, 5) is 15.3. The van der Waals surface area contributed by atoms with Crippen molar-refractivity contribution in [2.24, 2.45) is 11.3 Å². The molecular formula is C28H35FN2O. The lowest BCUT2D eigenvalue weighted by Gasteiger charge is -2.27. The van der Waals surface area contributed by atoms with Crippen molar-refractivity contribution in [2.75, 3.05) is 0 Å². The molecule has 0 saturated heterocycles. The van der Waals surface area contributed by atoms with Crippen LogP contribution in [0.15, 0.2) is 72.9 Å². The molecule has 1 heterocycles. The Bertz CT molecular complexity index is 1000. The number of nitrogens with zero attached hydrogens (tertiary/aromatic N) is 2. The van der Waals surface area contributed by atoms with Crippen LogP contribution >= 0.6 is 0 Å². The van der Waals surface area contributed by atoms with E-state index in [1.807, 2.05) is 47.5 Å². The van der Waals surface area contributed by atoms with E-state index in [2.05, 4.69) is 44.4 Å². The lowest BCUT2D eigenvalue weighted by Crippen LogP contribution is -2.32. The topological polar surface area (TPSA) is 25.2 Å². The highest BCUT2D eigenvalue weighted by atomic mass is 19.1. The number of carbonyl (C=O) groups is 1. The highest BCUT2D eigenvalue weighted by molar-refractivity contribution is 5.76. The quantitative estimate of drug-likeness (QED) is 0.369. The molecule has 3 aromatic rings. The van der Waals surface area contributed by atoms with Crippen LogP contribution in [0.25, 0.3) is 0 Å². The molecule has 1 amide bonds. The Balaban J connectivity index is 1.77. The number of hydrogen-bond acceptors (Lipinski definition) is 1. The minimum atomic E-state index is -0.232. The zero-order valence-corrected chi connectivity index (χ0v) is 19.7. The molecule has 0 bridgehead atoms. The number of aromatic nitrogens is 1. The number of benzene rings is 2. The van der Waals surface area contributed by atoms with Gasteiger partial charge < -0.3 is 9.47 Å². The maximum atomic E-state index is 13.6. The molecule has 0 aliphatic carbocycles. The summed E-state index contributed by atoms with van der Waals surface area (Å²) < 4.78 is 15.7. The van der Waals surface area contributed by atoms with Crippen LogP contribution in [-0.4, -0.2) is 15.4 Å². The molecule has 0 radical (unpaired) electrons. The molecule has 32 heavy (non-hydrogen) atoms. The molecule has 0 saturated carbocycles. The van der Waals surface area contributed by atoms with Crippen molar-refractivity contribution in [1.82, 2.24) is 9.47 Å². The van der Waals surface area contributed by atoms with Crippen LogP contribution < -0.4 is 0 Å². The molecule has 1 aromatic heterocycles. The van der Waals surface area contributed by atoms with Crippen LogP contribution in [0.2, 0.25) is 0 Å². The minimum Gasteiger partial charge on any atom is -0.345 e. The van der Waals surface area contributed by atoms with Gasteiger partial charge in [-0.3, -0.25) is 4.79 Å². The van der Waals surface area contributed by atoms with Gasteiger partial charge in [-0.25, -0.2) is 4.39 Å². The number of hydrogen-bond donors (Lipinski definition) is 0. The highest BCUT2D eigenvalue weighted by Gasteiger charge is 2.22. The van der Waals surface area contributed by atoms with Crippen LogP contribution in [0.4, 0.5) is 4.39 Å². The molecule has 0 aliphatic rings. The van der Waals surface area contributed by atoms with Gasteiger partial charge in [0.05, 0.1) is 6.54 Å². The van der Waals surface area contributed by atoms with Gasteiger partial charge in [-0.1, -0.05) is 70.2 Å². The summed E-state index contributed by atoms with van der Waals surface area (Å²) in [5, 5.41) is 0. The first kappa shape index (κ1) is 23.8. The Morgan fingerprint density at radius 1 is 0.969 bits per heavy atom. The molecule has 0 aliphatic heterocycles. The second kappa shape index (κ2) is 10.6. The maximum Gasteiger partial charge on any atom is 0.223 e. The summed E-state index contributed by atoms with van der Waals surface area (Å²) in [7, 11) is 0. The van der Waals surface area contributed by atoms with E-state index in [-0.39, 0.29) is 17.1 Å². The predicted octanol–water partition coefficient (Wildman–Crippen LogP) is 6.67. The Labute approximate surface area is 191 Å². The Morgan fingerprint density at radius 2 is 1.69 bits per heavy atom. The third-order valence-electron chi connectivity index (χ3n) is 5.57. The van der Waals surface area contributed by atoms with E-state index in [1.165, 1.54) is 6.07 Å².